The fourth-order valence-electron chi connectivity index (χ4n) is 8.10. The highest BCUT2D eigenvalue weighted by molar-refractivity contribution is 7.47. The van der Waals surface area contributed by atoms with E-state index in [1.54, 1.807) is 0 Å². The summed E-state index contributed by atoms with van der Waals surface area (Å²) in [6, 6.07) is 0. The third-order valence-corrected chi connectivity index (χ3v) is 13.7. The van der Waals surface area contributed by atoms with Gasteiger partial charge in [-0.3, -0.25) is 23.4 Å². The second-order valence-electron chi connectivity index (χ2n) is 20.1. The molecule has 11 nitrogen and oxygen atoms in total. The van der Waals surface area contributed by atoms with E-state index in [4.69, 9.17) is 23.3 Å². The molecule has 0 radical (unpaired) electrons. The third kappa shape index (κ3) is 56.8. The minimum absolute atomic E-state index is 0.0344. The van der Waals surface area contributed by atoms with E-state index in [-0.39, 0.29) is 25.9 Å². The third-order valence-electron chi connectivity index (χ3n) is 12.7. The molecule has 0 amide bonds. The van der Waals surface area contributed by atoms with Crippen LogP contribution in [0.15, 0.2) is 109 Å². The number of hydrogen-bond acceptors (Lipinski definition) is 10. The fraction of sp³-hybridized carbons (Fsp3) is 0.682. The van der Waals surface area contributed by atoms with Crippen LogP contribution in [0.5, 0.6) is 0 Å². The SMILES string of the molecule is CC/C=C\C/C=C\C/C=C\C/C=C\C/C=C\C/C=C\CCC(=O)OC(COC(=O)CCCCCCC/C=C\C/C=C\C/C=C\CC)COP(=O)(O)OCC(CO)OC(=O)CCCCCCCCCCCCCCCCCCC. The van der Waals surface area contributed by atoms with Crippen LogP contribution in [0.25, 0.3) is 0 Å². The number of carbonyl (C=O) groups excluding carboxylic acids is 3. The van der Waals surface area contributed by atoms with Gasteiger partial charge in [-0.25, -0.2) is 4.57 Å². The van der Waals surface area contributed by atoms with Crippen molar-refractivity contribution in [2.45, 2.75) is 264 Å². The monoisotopic (exact) mass is 1110 g/mol. The summed E-state index contributed by atoms with van der Waals surface area (Å²) in [5, 5.41) is 9.84. The van der Waals surface area contributed by atoms with Gasteiger partial charge in [0.15, 0.2) is 6.10 Å². The molecule has 0 rings (SSSR count). The Labute approximate surface area is 475 Å². The molecular weight excluding hydrogens is 1000 g/mol. The Kier molecular flexibility index (Phi) is 56.3. The lowest BCUT2D eigenvalue weighted by atomic mass is 10.0. The number of unbranched alkanes of at least 4 members (excludes halogenated alkanes) is 21. The van der Waals surface area contributed by atoms with Crippen molar-refractivity contribution in [2.24, 2.45) is 0 Å². The molecule has 3 atom stereocenters. The topological polar surface area (TPSA) is 155 Å². The van der Waals surface area contributed by atoms with E-state index < -0.39 is 57.8 Å². The van der Waals surface area contributed by atoms with E-state index in [1.807, 2.05) is 12.2 Å². The molecule has 0 aliphatic carbocycles. The van der Waals surface area contributed by atoms with Crippen molar-refractivity contribution in [3.05, 3.63) is 109 Å². The summed E-state index contributed by atoms with van der Waals surface area (Å²) in [5.41, 5.74) is 0. The molecule has 0 aromatic carbocycles. The molecular formula is C66H111O11P. The van der Waals surface area contributed by atoms with Crippen LogP contribution in [0.3, 0.4) is 0 Å². The summed E-state index contributed by atoms with van der Waals surface area (Å²) in [5.74, 6) is -1.59. The molecule has 0 fully saturated rings. The van der Waals surface area contributed by atoms with E-state index >= 15 is 0 Å². The largest absolute Gasteiger partial charge is 0.472 e. The predicted molar refractivity (Wildman–Crippen MR) is 325 cm³/mol. The standard InChI is InChI=1S/C66H111O11P/c1-4-7-10-13-16-19-22-25-28-30-31-33-36-39-42-45-48-51-54-57-66(70)77-63(59-73-64(68)55-52-49-46-43-40-37-34-27-24-21-18-15-12-9-6-3)61-75-78(71,72)74-60-62(58-67)76-65(69)56-53-50-47-44-41-38-35-32-29-26-23-20-17-14-11-8-5-2/h7,9-10,12,16,18-19,21,25,27-28,31,33-34,39,42,48,51,62-63,67H,4-6,8,11,13-15,17,20,22-24,26,29-30,32,35-38,40-41,43-47,49-50,52-61H2,1-3H3,(H,71,72)/b10-7-,12-9-,19-16-,21-18-,28-25-,33-31-,34-27-,42-39-,51-48-. The highest BCUT2D eigenvalue weighted by Gasteiger charge is 2.28. The lowest BCUT2D eigenvalue weighted by molar-refractivity contribution is -0.161. The second-order valence-corrected chi connectivity index (χ2v) is 21.6. The van der Waals surface area contributed by atoms with E-state index in [0.717, 1.165) is 103 Å². The Hall–Kier alpha value is -3.86. The van der Waals surface area contributed by atoms with Crippen molar-refractivity contribution in [2.75, 3.05) is 26.4 Å². The summed E-state index contributed by atoms with van der Waals surface area (Å²) in [6.07, 6.45) is 72.0. The van der Waals surface area contributed by atoms with Gasteiger partial charge in [-0.2, -0.15) is 0 Å². The van der Waals surface area contributed by atoms with Gasteiger partial charge in [-0.05, 0) is 89.9 Å². The average molecular weight is 1110 g/mol. The Morgan fingerprint density at radius 3 is 1.10 bits per heavy atom. The van der Waals surface area contributed by atoms with Gasteiger partial charge in [0.1, 0.15) is 12.7 Å². The van der Waals surface area contributed by atoms with Crippen molar-refractivity contribution >= 4 is 25.7 Å². The number of esters is 3. The first-order chi connectivity index (χ1) is 38.2. The maximum absolute atomic E-state index is 12.9. The molecule has 0 aliphatic heterocycles. The number of aliphatic hydroxyl groups excluding tert-OH is 1. The van der Waals surface area contributed by atoms with Gasteiger partial charge in [-0.15, -0.1) is 0 Å². The first-order valence-corrected chi connectivity index (χ1v) is 32.3. The minimum atomic E-state index is -4.78. The Morgan fingerprint density at radius 2 is 0.692 bits per heavy atom. The summed E-state index contributed by atoms with van der Waals surface area (Å²) < 4.78 is 39.5. The van der Waals surface area contributed by atoms with Gasteiger partial charge in [0, 0.05) is 19.3 Å². The zero-order valence-electron chi connectivity index (χ0n) is 49.3. The van der Waals surface area contributed by atoms with Crippen LogP contribution in [0.4, 0.5) is 0 Å². The van der Waals surface area contributed by atoms with Crippen molar-refractivity contribution in [1.82, 2.24) is 0 Å². The molecule has 0 aliphatic rings. The number of phosphoric ester groups is 1. The molecule has 3 unspecified atom stereocenters. The summed E-state index contributed by atoms with van der Waals surface area (Å²) in [4.78, 5) is 48.6. The highest BCUT2D eigenvalue weighted by Crippen LogP contribution is 2.43. The number of rotatable bonds is 56. The van der Waals surface area contributed by atoms with Crippen molar-refractivity contribution in [3.63, 3.8) is 0 Å². The van der Waals surface area contributed by atoms with Crippen LogP contribution in [-0.4, -0.2) is 66.5 Å². The molecule has 0 saturated heterocycles. The molecule has 0 aromatic heterocycles. The van der Waals surface area contributed by atoms with Crippen LogP contribution in [0.1, 0.15) is 252 Å². The number of allylic oxidation sites excluding steroid dienone is 18. The fourth-order valence-corrected chi connectivity index (χ4v) is 8.89. The predicted octanol–water partition coefficient (Wildman–Crippen LogP) is 18.6. The normalized spacial score (nSPS) is 14.1. The van der Waals surface area contributed by atoms with Gasteiger partial charge in [0.25, 0.3) is 0 Å². The van der Waals surface area contributed by atoms with Gasteiger partial charge in [0.05, 0.1) is 19.8 Å². The molecule has 78 heavy (non-hydrogen) atoms. The number of carbonyl (C=O) groups is 3. The first kappa shape index (κ1) is 74.1. The molecule has 0 bridgehead atoms. The molecule has 0 aromatic rings. The van der Waals surface area contributed by atoms with Gasteiger partial charge < -0.3 is 24.2 Å². The molecule has 2 N–H and O–H groups in total. The summed E-state index contributed by atoms with van der Waals surface area (Å²) in [6.45, 7) is 4.34. The maximum atomic E-state index is 12.9. The van der Waals surface area contributed by atoms with Crippen LogP contribution >= 0.6 is 7.82 Å². The lowest BCUT2D eigenvalue weighted by Gasteiger charge is -2.21. The Bertz CT molecular complexity index is 1720. The highest BCUT2D eigenvalue weighted by atomic mass is 31.2. The van der Waals surface area contributed by atoms with Crippen LogP contribution in [0.2, 0.25) is 0 Å². The number of aliphatic hydroxyl groups is 1. The molecule has 12 heteroatoms. The van der Waals surface area contributed by atoms with Crippen LogP contribution in [0, 0.1) is 0 Å². The Morgan fingerprint density at radius 1 is 0.372 bits per heavy atom. The minimum Gasteiger partial charge on any atom is -0.462 e. The van der Waals surface area contributed by atoms with E-state index in [2.05, 4.69) is 118 Å². The van der Waals surface area contributed by atoms with Crippen LogP contribution in [-0.2, 0) is 42.2 Å². The van der Waals surface area contributed by atoms with Crippen molar-refractivity contribution < 1.29 is 52.2 Å². The van der Waals surface area contributed by atoms with Gasteiger partial charge in [0.2, 0.25) is 0 Å². The zero-order chi connectivity index (χ0) is 56.9. The molecule has 0 heterocycles. The summed E-state index contributed by atoms with van der Waals surface area (Å²) in [7, 11) is -4.78. The van der Waals surface area contributed by atoms with E-state index in [0.29, 0.717) is 25.7 Å². The van der Waals surface area contributed by atoms with Crippen molar-refractivity contribution in [3.8, 4) is 0 Å². The van der Waals surface area contributed by atoms with Gasteiger partial charge >= 0.3 is 25.7 Å². The number of hydrogen-bond donors (Lipinski definition) is 2. The number of phosphoric acid groups is 1. The zero-order valence-corrected chi connectivity index (χ0v) is 50.2. The maximum Gasteiger partial charge on any atom is 0.472 e. The molecule has 0 saturated carbocycles. The van der Waals surface area contributed by atoms with Crippen LogP contribution < -0.4 is 0 Å². The first-order valence-electron chi connectivity index (χ1n) is 30.8. The van der Waals surface area contributed by atoms with E-state index in [9.17, 15) is 28.9 Å². The quantitative estimate of drug-likeness (QED) is 0.0197. The van der Waals surface area contributed by atoms with Gasteiger partial charge in [-0.1, -0.05) is 252 Å². The summed E-state index contributed by atoms with van der Waals surface area (Å²) >= 11 is 0. The average Bonchev–Trinajstić information content (AvgIpc) is 3.43. The van der Waals surface area contributed by atoms with E-state index in [1.165, 1.54) is 83.5 Å². The molecule has 446 valence electrons. The van der Waals surface area contributed by atoms with Crippen molar-refractivity contribution in [1.29, 1.82) is 0 Å². The Balaban J connectivity index is 4.81. The smallest absolute Gasteiger partial charge is 0.462 e. The molecule has 0 spiro atoms. The second kappa shape index (κ2) is 59.3. The number of ether oxygens (including phenoxy) is 3. The lowest BCUT2D eigenvalue weighted by Crippen LogP contribution is -2.30.